The van der Waals surface area contributed by atoms with Crippen molar-refractivity contribution in [3.05, 3.63) is 83.3 Å². The van der Waals surface area contributed by atoms with Gasteiger partial charge in [-0.3, -0.25) is 4.79 Å². The monoisotopic (exact) mass is 549 g/mol. The van der Waals surface area contributed by atoms with E-state index in [-0.39, 0.29) is 5.91 Å². The molecule has 41 heavy (non-hydrogen) atoms. The summed E-state index contributed by atoms with van der Waals surface area (Å²) >= 11 is 0. The Hall–Kier alpha value is -4.24. The van der Waals surface area contributed by atoms with Crippen molar-refractivity contribution in [1.29, 1.82) is 0 Å². The lowest BCUT2D eigenvalue weighted by molar-refractivity contribution is -0.126. The van der Waals surface area contributed by atoms with Crippen LogP contribution >= 0.6 is 0 Å². The maximum atomic E-state index is 12.2. The first-order chi connectivity index (χ1) is 20.0. The topological polar surface area (TPSA) is 79.6 Å². The molecule has 4 aromatic rings. The predicted molar refractivity (Wildman–Crippen MR) is 158 cm³/mol. The highest BCUT2D eigenvalue weighted by molar-refractivity contribution is 5.97. The third-order valence-electron chi connectivity index (χ3n) is 8.81. The SMILES string of the molecule is C=CC(=O)N1Cc2cn(-c3nc(OC[C@@H]4CCCN4C)nc4c3CCN(c3cccc5cccc(C)c35)C4)nc2C1. The number of aryl methyl sites for hydroxylation is 1. The van der Waals surface area contributed by atoms with Crippen LogP contribution in [-0.4, -0.2) is 68.2 Å². The van der Waals surface area contributed by atoms with Crippen molar-refractivity contribution in [3.8, 4) is 11.8 Å². The van der Waals surface area contributed by atoms with Gasteiger partial charge in [0, 0.05) is 47.5 Å². The van der Waals surface area contributed by atoms with Gasteiger partial charge in [-0.25, -0.2) is 4.68 Å². The Labute approximate surface area is 240 Å². The standard InChI is InChI=1S/C32H35N7O2/c1-4-29(40)38-16-23-17-39(35-26(23)18-38)31-25-13-15-37(28-12-6-10-22-9-5-8-21(2)30(22)28)19-27(25)33-32(34-31)41-20-24-11-7-14-36(24)3/h4-6,8-10,12,17,24H,1,7,11,13-16,18-20H2,2-3H3/t24-/m0/s1. The van der Waals surface area contributed by atoms with Gasteiger partial charge < -0.3 is 19.4 Å². The number of rotatable bonds is 6. The average Bonchev–Trinajstić information content (AvgIpc) is 3.70. The number of anilines is 1. The summed E-state index contributed by atoms with van der Waals surface area (Å²) in [7, 11) is 2.15. The summed E-state index contributed by atoms with van der Waals surface area (Å²) in [4.78, 5) is 28.6. The molecule has 0 radical (unpaired) electrons. The van der Waals surface area contributed by atoms with E-state index in [1.807, 2.05) is 10.9 Å². The van der Waals surface area contributed by atoms with Crippen molar-refractivity contribution >= 4 is 22.4 Å². The fourth-order valence-corrected chi connectivity index (χ4v) is 6.52. The molecule has 9 heteroatoms. The zero-order valence-corrected chi connectivity index (χ0v) is 23.7. The van der Waals surface area contributed by atoms with Crippen LogP contribution in [0.2, 0.25) is 0 Å². The number of carbonyl (C=O) groups excluding carboxylic acids is 1. The number of hydrogen-bond acceptors (Lipinski definition) is 7. The molecule has 1 saturated heterocycles. The third-order valence-corrected chi connectivity index (χ3v) is 8.81. The number of nitrogens with zero attached hydrogens (tertiary/aromatic N) is 7. The Morgan fingerprint density at radius 1 is 1.10 bits per heavy atom. The summed E-state index contributed by atoms with van der Waals surface area (Å²) in [5.74, 6) is 0.694. The maximum Gasteiger partial charge on any atom is 0.318 e. The van der Waals surface area contributed by atoms with E-state index in [1.165, 1.54) is 34.5 Å². The molecular weight excluding hydrogens is 514 g/mol. The van der Waals surface area contributed by atoms with Crippen molar-refractivity contribution in [2.75, 3.05) is 31.6 Å². The Bertz CT molecular complexity index is 1630. The quantitative estimate of drug-likeness (QED) is 0.334. The van der Waals surface area contributed by atoms with Crippen LogP contribution in [0.25, 0.3) is 16.6 Å². The van der Waals surface area contributed by atoms with Crippen molar-refractivity contribution in [2.24, 2.45) is 0 Å². The molecule has 1 amide bonds. The number of likely N-dealkylation sites (tertiary alicyclic amines) is 1. The van der Waals surface area contributed by atoms with Crippen molar-refractivity contribution in [2.45, 2.75) is 51.9 Å². The number of carbonyl (C=O) groups is 1. The number of hydrogen-bond donors (Lipinski definition) is 0. The number of aromatic nitrogens is 4. The molecule has 2 aromatic heterocycles. The smallest absolute Gasteiger partial charge is 0.318 e. The molecule has 1 atom stereocenters. The number of ether oxygens (including phenoxy) is 1. The third kappa shape index (κ3) is 4.64. The van der Waals surface area contributed by atoms with E-state index in [1.54, 1.807) is 4.90 Å². The molecule has 7 rings (SSSR count). The molecule has 1 fully saturated rings. The Morgan fingerprint density at radius 3 is 2.73 bits per heavy atom. The Balaban J connectivity index is 1.24. The lowest BCUT2D eigenvalue weighted by Gasteiger charge is -2.32. The second kappa shape index (κ2) is 10.3. The maximum absolute atomic E-state index is 12.2. The molecule has 0 aliphatic carbocycles. The van der Waals surface area contributed by atoms with Crippen molar-refractivity contribution < 1.29 is 9.53 Å². The van der Waals surface area contributed by atoms with Gasteiger partial charge in [0.25, 0.3) is 0 Å². The normalized spacial score (nSPS) is 18.5. The molecular formula is C32H35N7O2. The minimum Gasteiger partial charge on any atom is -0.462 e. The molecule has 5 heterocycles. The molecule has 3 aliphatic heterocycles. The first-order valence-corrected chi connectivity index (χ1v) is 14.4. The van der Waals surface area contributed by atoms with Crippen LogP contribution in [0, 0.1) is 6.92 Å². The second-order valence-corrected chi connectivity index (χ2v) is 11.4. The summed E-state index contributed by atoms with van der Waals surface area (Å²) in [6.07, 6.45) is 6.46. The van der Waals surface area contributed by atoms with E-state index < -0.39 is 0 Å². The molecule has 0 bridgehead atoms. The first-order valence-electron chi connectivity index (χ1n) is 14.4. The van der Waals surface area contributed by atoms with Crippen LogP contribution in [0.1, 0.15) is 40.9 Å². The lowest BCUT2D eigenvalue weighted by atomic mass is 10.00. The van der Waals surface area contributed by atoms with Gasteiger partial charge in [-0.15, -0.1) is 0 Å². The van der Waals surface area contributed by atoms with Crippen molar-refractivity contribution in [3.63, 3.8) is 0 Å². The van der Waals surface area contributed by atoms with E-state index >= 15 is 0 Å². The van der Waals surface area contributed by atoms with E-state index in [2.05, 4.69) is 66.7 Å². The molecule has 0 N–H and O–H groups in total. The second-order valence-electron chi connectivity index (χ2n) is 11.4. The van der Waals surface area contributed by atoms with Crippen LogP contribution < -0.4 is 9.64 Å². The molecule has 2 aromatic carbocycles. The van der Waals surface area contributed by atoms with E-state index in [0.717, 1.165) is 54.3 Å². The van der Waals surface area contributed by atoms with Gasteiger partial charge in [-0.2, -0.15) is 15.1 Å². The molecule has 0 spiro atoms. The largest absolute Gasteiger partial charge is 0.462 e. The van der Waals surface area contributed by atoms with Gasteiger partial charge in [0.2, 0.25) is 5.91 Å². The predicted octanol–water partition coefficient (Wildman–Crippen LogP) is 4.19. The van der Waals surface area contributed by atoms with Gasteiger partial charge in [0.15, 0.2) is 5.82 Å². The van der Waals surface area contributed by atoms with E-state index in [0.29, 0.717) is 38.3 Å². The number of amides is 1. The fraction of sp³-hybridized carbons (Fsp3) is 0.375. The fourth-order valence-electron chi connectivity index (χ4n) is 6.52. The van der Waals surface area contributed by atoms with Crippen molar-refractivity contribution in [1.82, 2.24) is 29.5 Å². The Morgan fingerprint density at radius 2 is 1.95 bits per heavy atom. The van der Waals surface area contributed by atoms with Crippen LogP contribution in [0.15, 0.2) is 55.3 Å². The summed E-state index contributed by atoms with van der Waals surface area (Å²) in [5, 5.41) is 7.41. The lowest BCUT2D eigenvalue weighted by Crippen LogP contribution is -2.33. The number of fused-ring (bicyclic) bond motifs is 3. The Kier molecular flexibility index (Phi) is 6.46. The van der Waals surface area contributed by atoms with Crippen LogP contribution in [-0.2, 0) is 30.8 Å². The summed E-state index contributed by atoms with van der Waals surface area (Å²) < 4.78 is 8.14. The summed E-state index contributed by atoms with van der Waals surface area (Å²) in [6, 6.07) is 13.8. The molecule has 210 valence electrons. The summed E-state index contributed by atoms with van der Waals surface area (Å²) in [5.41, 5.74) is 6.50. The summed E-state index contributed by atoms with van der Waals surface area (Å²) in [6.45, 7) is 9.98. The average molecular weight is 550 g/mol. The molecule has 0 saturated carbocycles. The van der Waals surface area contributed by atoms with E-state index in [4.69, 9.17) is 19.8 Å². The zero-order valence-electron chi connectivity index (χ0n) is 23.7. The van der Waals surface area contributed by atoms with E-state index in [9.17, 15) is 4.79 Å². The highest BCUT2D eigenvalue weighted by Crippen LogP contribution is 2.34. The molecule has 9 nitrogen and oxygen atoms in total. The van der Waals surface area contributed by atoms with Gasteiger partial charge in [0.05, 0.1) is 24.5 Å². The molecule has 3 aliphatic rings. The zero-order chi connectivity index (χ0) is 28.1. The molecule has 0 unspecified atom stereocenters. The van der Waals surface area contributed by atoms with Crippen LogP contribution in [0.4, 0.5) is 5.69 Å². The van der Waals surface area contributed by atoms with Gasteiger partial charge >= 0.3 is 6.01 Å². The van der Waals surface area contributed by atoms with Gasteiger partial charge in [-0.05, 0) is 62.9 Å². The van der Waals surface area contributed by atoms with Crippen LogP contribution in [0.5, 0.6) is 6.01 Å². The minimum absolute atomic E-state index is 0.0784. The number of benzene rings is 2. The highest BCUT2D eigenvalue weighted by atomic mass is 16.5. The first kappa shape index (κ1) is 25.7. The minimum atomic E-state index is -0.0784. The van der Waals surface area contributed by atoms with Crippen LogP contribution in [0.3, 0.4) is 0 Å². The van der Waals surface area contributed by atoms with Gasteiger partial charge in [0.1, 0.15) is 6.61 Å². The van der Waals surface area contributed by atoms with Gasteiger partial charge in [-0.1, -0.05) is 36.9 Å². The highest BCUT2D eigenvalue weighted by Gasteiger charge is 2.30. The number of likely N-dealkylation sites (N-methyl/N-ethyl adjacent to an activating group) is 1.